The summed E-state index contributed by atoms with van der Waals surface area (Å²) < 4.78 is 31.4. The molecule has 5 rings (SSSR count). The zero-order chi connectivity index (χ0) is 17.8. The molecule has 2 aromatic heterocycles. The summed E-state index contributed by atoms with van der Waals surface area (Å²) in [5.41, 5.74) is 1.84. The molecule has 1 aliphatic heterocycles. The van der Waals surface area contributed by atoms with Gasteiger partial charge in [-0.15, -0.1) is 0 Å². The number of nitrogens with zero attached hydrogens (tertiary/aromatic N) is 3. The summed E-state index contributed by atoms with van der Waals surface area (Å²) in [7, 11) is 0. The summed E-state index contributed by atoms with van der Waals surface area (Å²) in [5.74, 6) is 0.0564. The first-order chi connectivity index (χ1) is 12.6. The SMILES string of the molecule is O=c1c2c(nc3n1CCS3)c1cc(F)ccc1n2Cc1ccccc1F. The van der Waals surface area contributed by atoms with Crippen molar-refractivity contribution in [2.45, 2.75) is 18.2 Å². The molecule has 0 unspecified atom stereocenters. The van der Waals surface area contributed by atoms with Crippen LogP contribution in [0.4, 0.5) is 8.78 Å². The fourth-order valence-corrected chi connectivity index (χ4v) is 4.45. The summed E-state index contributed by atoms with van der Waals surface area (Å²) in [4.78, 5) is 17.7. The molecule has 0 amide bonds. The third-order valence-corrected chi connectivity index (χ3v) is 5.67. The van der Waals surface area contributed by atoms with E-state index in [1.54, 1.807) is 33.4 Å². The van der Waals surface area contributed by atoms with E-state index in [1.807, 2.05) is 0 Å². The van der Waals surface area contributed by atoms with Crippen LogP contribution in [-0.2, 0) is 13.1 Å². The lowest BCUT2D eigenvalue weighted by Crippen LogP contribution is -2.22. The Bertz CT molecular complexity index is 1250. The minimum atomic E-state index is -0.391. The maximum atomic E-state index is 14.2. The topological polar surface area (TPSA) is 39.8 Å². The number of rotatable bonds is 2. The Hall–Kier alpha value is -2.67. The van der Waals surface area contributed by atoms with Gasteiger partial charge in [-0.25, -0.2) is 13.8 Å². The van der Waals surface area contributed by atoms with Crippen molar-refractivity contribution < 1.29 is 8.78 Å². The van der Waals surface area contributed by atoms with Gasteiger partial charge in [-0.1, -0.05) is 30.0 Å². The first kappa shape index (κ1) is 15.6. The van der Waals surface area contributed by atoms with Gasteiger partial charge in [-0.2, -0.15) is 0 Å². The van der Waals surface area contributed by atoms with Gasteiger partial charge in [0.1, 0.15) is 22.7 Å². The Labute approximate surface area is 151 Å². The van der Waals surface area contributed by atoms with Crippen molar-refractivity contribution in [3.8, 4) is 0 Å². The molecule has 2 aromatic carbocycles. The van der Waals surface area contributed by atoms with Crippen LogP contribution in [0.5, 0.6) is 0 Å². The predicted octanol–water partition coefficient (Wildman–Crippen LogP) is 3.78. The zero-order valence-electron chi connectivity index (χ0n) is 13.6. The average Bonchev–Trinajstić information content (AvgIpc) is 3.21. The second-order valence-corrected chi connectivity index (χ2v) is 7.30. The molecule has 0 fully saturated rings. The van der Waals surface area contributed by atoms with E-state index in [0.29, 0.717) is 39.2 Å². The quantitative estimate of drug-likeness (QED) is 0.505. The average molecular weight is 369 g/mol. The summed E-state index contributed by atoms with van der Waals surface area (Å²) in [6.07, 6.45) is 0. The van der Waals surface area contributed by atoms with Crippen LogP contribution in [-0.4, -0.2) is 19.9 Å². The highest BCUT2D eigenvalue weighted by Gasteiger charge is 2.23. The van der Waals surface area contributed by atoms with E-state index in [0.717, 1.165) is 5.75 Å². The van der Waals surface area contributed by atoms with Crippen LogP contribution in [0, 0.1) is 11.6 Å². The van der Waals surface area contributed by atoms with E-state index in [1.165, 1.54) is 30.0 Å². The van der Waals surface area contributed by atoms with E-state index in [2.05, 4.69) is 4.98 Å². The van der Waals surface area contributed by atoms with Crippen LogP contribution >= 0.6 is 11.8 Å². The number of hydrogen-bond donors (Lipinski definition) is 0. The fraction of sp³-hybridized carbons (Fsp3) is 0.158. The number of thioether (sulfide) groups is 1. The highest BCUT2D eigenvalue weighted by Crippen LogP contribution is 2.31. The third-order valence-electron chi connectivity index (χ3n) is 4.72. The maximum Gasteiger partial charge on any atom is 0.278 e. The molecular formula is C19H13F2N3OS. The Kier molecular flexibility index (Phi) is 3.40. The summed E-state index contributed by atoms with van der Waals surface area (Å²) in [5, 5.41) is 1.22. The smallest absolute Gasteiger partial charge is 0.278 e. The monoisotopic (exact) mass is 369 g/mol. The highest BCUT2D eigenvalue weighted by atomic mass is 32.2. The van der Waals surface area contributed by atoms with Gasteiger partial charge in [0.25, 0.3) is 5.56 Å². The van der Waals surface area contributed by atoms with E-state index in [-0.39, 0.29) is 17.9 Å². The number of fused-ring (bicyclic) bond motifs is 4. The van der Waals surface area contributed by atoms with Gasteiger partial charge in [-0.3, -0.25) is 9.36 Å². The van der Waals surface area contributed by atoms with Crippen molar-refractivity contribution in [1.29, 1.82) is 0 Å². The second kappa shape index (κ2) is 5.67. The first-order valence-electron chi connectivity index (χ1n) is 8.22. The van der Waals surface area contributed by atoms with Crippen LogP contribution < -0.4 is 5.56 Å². The highest BCUT2D eigenvalue weighted by molar-refractivity contribution is 7.99. The molecule has 0 saturated carbocycles. The van der Waals surface area contributed by atoms with Crippen LogP contribution in [0.2, 0.25) is 0 Å². The van der Waals surface area contributed by atoms with Crippen LogP contribution in [0.15, 0.2) is 52.4 Å². The Balaban J connectivity index is 1.88. The van der Waals surface area contributed by atoms with Gasteiger partial charge in [-0.05, 0) is 24.3 Å². The van der Waals surface area contributed by atoms with Gasteiger partial charge >= 0.3 is 0 Å². The molecule has 0 aliphatic carbocycles. The Morgan fingerprint density at radius 2 is 2.00 bits per heavy atom. The van der Waals surface area contributed by atoms with Crippen LogP contribution in [0.25, 0.3) is 21.9 Å². The standard InChI is InChI=1S/C19H13F2N3OS/c20-12-5-6-15-13(9-12)16-17(18(25)23-7-8-26-19(23)22-16)24(15)10-11-3-1-2-4-14(11)21/h1-6,9H,7-8,10H2. The maximum absolute atomic E-state index is 14.2. The number of halogens is 2. The molecule has 3 heterocycles. The van der Waals surface area contributed by atoms with Gasteiger partial charge in [0, 0.05) is 23.2 Å². The lowest BCUT2D eigenvalue weighted by molar-refractivity contribution is 0.602. The van der Waals surface area contributed by atoms with E-state index >= 15 is 0 Å². The van der Waals surface area contributed by atoms with Gasteiger partial charge < -0.3 is 4.57 Å². The van der Waals surface area contributed by atoms with Crippen molar-refractivity contribution in [3.05, 3.63) is 70.0 Å². The Morgan fingerprint density at radius 3 is 2.85 bits per heavy atom. The molecule has 0 N–H and O–H groups in total. The molecule has 7 heteroatoms. The molecule has 0 spiro atoms. The van der Waals surface area contributed by atoms with Crippen molar-refractivity contribution in [1.82, 2.24) is 14.1 Å². The summed E-state index contributed by atoms with van der Waals surface area (Å²) in [6, 6.07) is 10.8. The molecule has 26 heavy (non-hydrogen) atoms. The molecule has 130 valence electrons. The molecule has 0 atom stereocenters. The second-order valence-electron chi connectivity index (χ2n) is 6.24. The molecular weight excluding hydrogens is 356 g/mol. The minimum Gasteiger partial charge on any atom is -0.330 e. The van der Waals surface area contributed by atoms with Gasteiger partial charge in [0.15, 0.2) is 5.16 Å². The van der Waals surface area contributed by atoms with Gasteiger partial charge in [0.2, 0.25) is 0 Å². The molecule has 1 aliphatic rings. The van der Waals surface area contributed by atoms with Crippen LogP contribution in [0.3, 0.4) is 0 Å². The molecule has 0 saturated heterocycles. The zero-order valence-corrected chi connectivity index (χ0v) is 14.4. The van der Waals surface area contributed by atoms with E-state index < -0.39 is 5.82 Å². The number of aromatic nitrogens is 3. The summed E-state index contributed by atoms with van der Waals surface area (Å²) in [6.45, 7) is 0.777. The van der Waals surface area contributed by atoms with Crippen LogP contribution in [0.1, 0.15) is 5.56 Å². The number of benzene rings is 2. The largest absolute Gasteiger partial charge is 0.330 e. The number of hydrogen-bond acceptors (Lipinski definition) is 3. The lowest BCUT2D eigenvalue weighted by Gasteiger charge is -2.09. The minimum absolute atomic E-state index is 0.164. The fourth-order valence-electron chi connectivity index (χ4n) is 3.51. The van der Waals surface area contributed by atoms with Crippen molar-refractivity contribution in [3.63, 3.8) is 0 Å². The molecule has 0 bridgehead atoms. The van der Waals surface area contributed by atoms with E-state index in [4.69, 9.17) is 0 Å². The summed E-state index contributed by atoms with van der Waals surface area (Å²) >= 11 is 1.51. The lowest BCUT2D eigenvalue weighted by atomic mass is 10.2. The molecule has 4 aromatic rings. The molecule has 4 nitrogen and oxygen atoms in total. The third kappa shape index (κ3) is 2.20. The Morgan fingerprint density at radius 1 is 1.15 bits per heavy atom. The first-order valence-corrected chi connectivity index (χ1v) is 9.20. The predicted molar refractivity (Wildman–Crippen MR) is 97.7 cm³/mol. The molecule has 0 radical (unpaired) electrons. The normalized spacial score (nSPS) is 13.6. The van der Waals surface area contributed by atoms with Gasteiger partial charge in [0.05, 0.1) is 12.1 Å². The van der Waals surface area contributed by atoms with E-state index in [9.17, 15) is 13.6 Å². The van der Waals surface area contributed by atoms with Crippen molar-refractivity contribution in [2.75, 3.05) is 5.75 Å². The van der Waals surface area contributed by atoms with Crippen molar-refractivity contribution in [2.24, 2.45) is 0 Å². The van der Waals surface area contributed by atoms with Crippen molar-refractivity contribution >= 4 is 33.7 Å².